The van der Waals surface area contributed by atoms with Crippen molar-refractivity contribution in [3.63, 3.8) is 0 Å². The van der Waals surface area contributed by atoms with Gasteiger partial charge in [-0.3, -0.25) is 0 Å². The molecule has 0 saturated carbocycles. The first-order valence-corrected chi connectivity index (χ1v) is 7.68. The number of urea groups is 1. The van der Waals surface area contributed by atoms with Gasteiger partial charge in [0.15, 0.2) is 5.82 Å². The maximum Gasteiger partial charge on any atom is 0.315 e. The third-order valence-electron chi connectivity index (χ3n) is 4.56. The molecule has 0 saturated heterocycles. The van der Waals surface area contributed by atoms with Crippen LogP contribution in [0.3, 0.4) is 0 Å². The Balaban J connectivity index is 1.99. The topological polar surface area (TPSA) is 80.0 Å². The summed E-state index contributed by atoms with van der Waals surface area (Å²) in [7, 11) is 0. The van der Waals surface area contributed by atoms with Gasteiger partial charge in [-0.25, -0.2) is 4.79 Å². The van der Waals surface area contributed by atoms with Crippen molar-refractivity contribution < 1.29 is 9.32 Å². The number of rotatable bonds is 4. The molecule has 1 aromatic heterocycles. The van der Waals surface area contributed by atoms with E-state index in [9.17, 15) is 4.79 Å². The van der Waals surface area contributed by atoms with Crippen molar-refractivity contribution in [1.29, 1.82) is 0 Å². The van der Waals surface area contributed by atoms with Crippen LogP contribution < -0.4 is 10.6 Å². The first-order chi connectivity index (χ1) is 10.8. The molecule has 23 heavy (non-hydrogen) atoms. The van der Waals surface area contributed by atoms with Crippen molar-refractivity contribution in [2.75, 3.05) is 0 Å². The molecule has 2 N–H and O–H groups in total. The van der Waals surface area contributed by atoms with Crippen molar-refractivity contribution in [3.05, 3.63) is 45.1 Å². The van der Waals surface area contributed by atoms with Gasteiger partial charge in [0.25, 0.3) is 0 Å². The molecule has 1 heterocycles. The molecule has 2 rings (SSSR count). The van der Waals surface area contributed by atoms with Gasteiger partial charge in [0, 0.05) is 13.5 Å². The summed E-state index contributed by atoms with van der Waals surface area (Å²) >= 11 is 0. The minimum Gasteiger partial charge on any atom is -0.340 e. The summed E-state index contributed by atoms with van der Waals surface area (Å²) in [6.45, 7) is 13.0. The number of benzene rings is 1. The number of aromatic nitrogens is 2. The zero-order valence-corrected chi connectivity index (χ0v) is 14.6. The molecule has 6 heteroatoms. The number of aryl methyl sites for hydroxylation is 1. The van der Waals surface area contributed by atoms with Gasteiger partial charge in [-0.2, -0.15) is 4.98 Å². The number of hydrogen-bond acceptors (Lipinski definition) is 4. The molecule has 0 aliphatic heterocycles. The second kappa shape index (κ2) is 6.81. The van der Waals surface area contributed by atoms with E-state index in [0.717, 1.165) is 0 Å². The molecule has 124 valence electrons. The lowest BCUT2D eigenvalue weighted by Crippen LogP contribution is -2.35. The highest BCUT2D eigenvalue weighted by Gasteiger charge is 2.13. The standard InChI is InChI=1S/C17H24N4O2/c1-9-10(2)12(4)15(13(5)11(9)3)7-18-17(22)19-8-16-20-14(6)23-21-16/h7-8H2,1-6H3,(H2,18,19,22). The second-order valence-electron chi connectivity index (χ2n) is 5.87. The lowest BCUT2D eigenvalue weighted by Gasteiger charge is -2.19. The highest BCUT2D eigenvalue weighted by atomic mass is 16.5. The van der Waals surface area contributed by atoms with Gasteiger partial charge in [-0.15, -0.1) is 0 Å². The van der Waals surface area contributed by atoms with E-state index in [1.54, 1.807) is 6.92 Å². The Morgan fingerprint density at radius 1 is 0.870 bits per heavy atom. The quantitative estimate of drug-likeness (QED) is 0.909. The maximum absolute atomic E-state index is 11.9. The second-order valence-corrected chi connectivity index (χ2v) is 5.87. The number of amides is 2. The minimum atomic E-state index is -0.248. The molecule has 1 aromatic carbocycles. The predicted octanol–water partition coefficient (Wildman–Crippen LogP) is 2.92. The van der Waals surface area contributed by atoms with Crippen molar-refractivity contribution >= 4 is 6.03 Å². The Kier molecular flexibility index (Phi) is 5.03. The van der Waals surface area contributed by atoms with Gasteiger partial charge >= 0.3 is 6.03 Å². The summed E-state index contributed by atoms with van der Waals surface area (Å²) in [5.41, 5.74) is 7.54. The largest absolute Gasteiger partial charge is 0.340 e. The molecule has 6 nitrogen and oxygen atoms in total. The van der Waals surface area contributed by atoms with Crippen molar-refractivity contribution in [1.82, 2.24) is 20.8 Å². The van der Waals surface area contributed by atoms with E-state index in [1.165, 1.54) is 33.4 Å². The number of nitrogens with one attached hydrogen (secondary N) is 2. The van der Waals surface area contributed by atoms with E-state index in [2.05, 4.69) is 55.4 Å². The molecule has 0 fully saturated rings. The number of nitrogens with zero attached hydrogens (tertiary/aromatic N) is 2. The summed E-state index contributed by atoms with van der Waals surface area (Å²) in [4.78, 5) is 16.0. The van der Waals surface area contributed by atoms with Crippen molar-refractivity contribution in [2.24, 2.45) is 0 Å². The monoisotopic (exact) mass is 316 g/mol. The average Bonchev–Trinajstić information content (AvgIpc) is 2.94. The predicted molar refractivity (Wildman–Crippen MR) is 88.2 cm³/mol. The molecule has 0 bridgehead atoms. The highest BCUT2D eigenvalue weighted by Crippen LogP contribution is 2.25. The van der Waals surface area contributed by atoms with Crippen LogP contribution in [0.1, 0.15) is 45.1 Å². The van der Waals surface area contributed by atoms with E-state index in [4.69, 9.17) is 4.52 Å². The third kappa shape index (κ3) is 3.70. The average molecular weight is 316 g/mol. The van der Waals surface area contributed by atoms with Crippen LogP contribution in [-0.4, -0.2) is 16.2 Å². The molecule has 0 aliphatic carbocycles. The Morgan fingerprint density at radius 3 is 1.91 bits per heavy atom. The van der Waals surface area contributed by atoms with Crippen LogP contribution in [0.5, 0.6) is 0 Å². The van der Waals surface area contributed by atoms with Gasteiger partial charge in [-0.05, 0) is 68.0 Å². The Hall–Kier alpha value is -2.37. The maximum atomic E-state index is 11.9. The zero-order valence-electron chi connectivity index (χ0n) is 14.6. The zero-order chi connectivity index (χ0) is 17.1. The van der Waals surface area contributed by atoms with Crippen LogP contribution in [0.4, 0.5) is 4.79 Å². The molecule has 2 amide bonds. The highest BCUT2D eigenvalue weighted by molar-refractivity contribution is 5.73. The van der Waals surface area contributed by atoms with Gasteiger partial charge in [0.05, 0.1) is 6.54 Å². The normalized spacial score (nSPS) is 10.7. The summed E-state index contributed by atoms with van der Waals surface area (Å²) in [6, 6.07) is -0.248. The smallest absolute Gasteiger partial charge is 0.315 e. The Labute approximate surface area is 136 Å². The SMILES string of the molecule is Cc1nc(CNC(=O)NCc2c(C)c(C)c(C)c(C)c2C)no1. The van der Waals surface area contributed by atoms with E-state index in [0.29, 0.717) is 18.3 Å². The fraction of sp³-hybridized carbons (Fsp3) is 0.471. The molecule has 0 atom stereocenters. The van der Waals surface area contributed by atoms with Gasteiger partial charge in [0.1, 0.15) is 0 Å². The lowest BCUT2D eigenvalue weighted by molar-refractivity contribution is 0.239. The lowest BCUT2D eigenvalue weighted by atomic mass is 9.89. The van der Waals surface area contributed by atoms with Gasteiger partial charge < -0.3 is 15.2 Å². The van der Waals surface area contributed by atoms with Crippen LogP contribution in [-0.2, 0) is 13.1 Å². The van der Waals surface area contributed by atoms with E-state index in [1.807, 2.05) is 0 Å². The molecule has 0 aliphatic rings. The fourth-order valence-corrected chi connectivity index (χ4v) is 2.65. The third-order valence-corrected chi connectivity index (χ3v) is 4.56. The number of carbonyl (C=O) groups excluding carboxylic acids is 1. The number of hydrogen-bond donors (Lipinski definition) is 2. The Morgan fingerprint density at radius 2 is 1.39 bits per heavy atom. The molecular weight excluding hydrogens is 292 g/mol. The molecular formula is C17H24N4O2. The van der Waals surface area contributed by atoms with Crippen LogP contribution in [0.15, 0.2) is 4.52 Å². The first-order valence-electron chi connectivity index (χ1n) is 7.68. The van der Waals surface area contributed by atoms with E-state index >= 15 is 0 Å². The van der Waals surface area contributed by atoms with Crippen LogP contribution >= 0.6 is 0 Å². The minimum absolute atomic E-state index is 0.243. The first kappa shape index (κ1) is 17.0. The summed E-state index contributed by atoms with van der Waals surface area (Å²) < 4.78 is 4.86. The molecule has 2 aromatic rings. The van der Waals surface area contributed by atoms with E-state index in [-0.39, 0.29) is 12.6 Å². The van der Waals surface area contributed by atoms with Crippen LogP contribution in [0.2, 0.25) is 0 Å². The molecule has 0 radical (unpaired) electrons. The van der Waals surface area contributed by atoms with E-state index < -0.39 is 0 Å². The van der Waals surface area contributed by atoms with Crippen molar-refractivity contribution in [3.8, 4) is 0 Å². The van der Waals surface area contributed by atoms with Crippen molar-refractivity contribution in [2.45, 2.75) is 54.6 Å². The number of carbonyl (C=O) groups is 1. The van der Waals surface area contributed by atoms with Gasteiger partial charge in [-0.1, -0.05) is 5.16 Å². The molecule has 0 unspecified atom stereocenters. The van der Waals surface area contributed by atoms with Crippen LogP contribution in [0.25, 0.3) is 0 Å². The summed E-state index contributed by atoms with van der Waals surface area (Å²) in [6.07, 6.45) is 0. The van der Waals surface area contributed by atoms with Gasteiger partial charge in [0.2, 0.25) is 5.89 Å². The fourth-order valence-electron chi connectivity index (χ4n) is 2.65. The van der Waals surface area contributed by atoms with Crippen LogP contribution in [0, 0.1) is 41.5 Å². The molecule has 0 spiro atoms. The summed E-state index contributed by atoms with van der Waals surface area (Å²) in [5, 5.41) is 9.36. The summed E-state index contributed by atoms with van der Waals surface area (Å²) in [5.74, 6) is 0.950. The Bertz CT molecular complexity index is 705.